The third kappa shape index (κ3) is 2.10. The summed E-state index contributed by atoms with van der Waals surface area (Å²) in [5.41, 5.74) is 9.60. The van der Waals surface area contributed by atoms with Crippen molar-refractivity contribution in [2.45, 2.75) is 25.6 Å². The zero-order valence-electron chi connectivity index (χ0n) is 11.8. The molecule has 1 aliphatic heterocycles. The number of ether oxygens (including phenoxy) is 1. The number of hydrogen-bond acceptors (Lipinski definition) is 2. The zero-order chi connectivity index (χ0) is 14.2. The van der Waals surface area contributed by atoms with Gasteiger partial charge in [-0.1, -0.05) is 36.4 Å². The van der Waals surface area contributed by atoms with Gasteiger partial charge in [0.25, 0.3) is 0 Å². The highest BCUT2D eigenvalue weighted by molar-refractivity contribution is 5.83. The first-order valence-corrected chi connectivity index (χ1v) is 7.36. The van der Waals surface area contributed by atoms with E-state index < -0.39 is 0 Å². The molecule has 106 valence electrons. The molecular weight excluding hydrogens is 260 g/mol. The Hall–Kier alpha value is -2.26. The van der Waals surface area contributed by atoms with Crippen LogP contribution in [0.4, 0.5) is 0 Å². The molecule has 3 nitrogen and oxygen atoms in total. The van der Waals surface area contributed by atoms with Gasteiger partial charge in [0.05, 0.1) is 12.1 Å². The van der Waals surface area contributed by atoms with Gasteiger partial charge in [-0.05, 0) is 28.6 Å². The Morgan fingerprint density at radius 3 is 2.86 bits per heavy atom. The topological polar surface area (TPSA) is 40.2 Å². The van der Waals surface area contributed by atoms with E-state index in [9.17, 15) is 0 Å². The van der Waals surface area contributed by atoms with Crippen molar-refractivity contribution in [2.75, 3.05) is 0 Å². The Morgan fingerprint density at radius 1 is 1.10 bits per heavy atom. The summed E-state index contributed by atoms with van der Waals surface area (Å²) < 4.78 is 8.32. The van der Waals surface area contributed by atoms with Gasteiger partial charge in [0, 0.05) is 19.2 Å². The van der Waals surface area contributed by atoms with E-state index in [0.717, 1.165) is 18.7 Å². The molecule has 21 heavy (non-hydrogen) atoms. The molecule has 3 aromatic rings. The van der Waals surface area contributed by atoms with Gasteiger partial charge in [-0.25, -0.2) is 0 Å². The van der Waals surface area contributed by atoms with Crippen LogP contribution in [0.25, 0.3) is 10.9 Å². The minimum absolute atomic E-state index is 0.198. The number of rotatable bonds is 3. The van der Waals surface area contributed by atoms with Gasteiger partial charge < -0.3 is 15.0 Å². The average Bonchev–Trinajstić information content (AvgIpc) is 3.11. The Morgan fingerprint density at radius 2 is 2.00 bits per heavy atom. The molecule has 4 rings (SSSR count). The summed E-state index contributed by atoms with van der Waals surface area (Å²) in [6.45, 7) is 1.42. The fraction of sp³-hybridized carbons (Fsp3) is 0.222. The number of benzene rings is 2. The molecule has 1 atom stereocenters. The maximum Gasteiger partial charge on any atom is 0.123 e. The van der Waals surface area contributed by atoms with Crippen molar-refractivity contribution in [3.8, 4) is 5.75 Å². The summed E-state index contributed by atoms with van der Waals surface area (Å²) in [5, 5.41) is 1.24. The molecule has 0 aliphatic carbocycles. The van der Waals surface area contributed by atoms with Crippen LogP contribution < -0.4 is 10.5 Å². The Bertz CT molecular complexity index is 766. The summed E-state index contributed by atoms with van der Waals surface area (Å²) in [6.07, 6.45) is 3.31. The van der Waals surface area contributed by atoms with E-state index in [4.69, 9.17) is 10.5 Å². The van der Waals surface area contributed by atoms with Crippen LogP contribution >= 0.6 is 0 Å². The summed E-state index contributed by atoms with van der Waals surface area (Å²) >= 11 is 0. The van der Waals surface area contributed by atoms with Crippen LogP contribution in [0.15, 0.2) is 54.7 Å². The lowest BCUT2D eigenvalue weighted by atomic mass is 10.1. The van der Waals surface area contributed by atoms with Crippen LogP contribution in [-0.4, -0.2) is 10.7 Å². The molecule has 2 aromatic carbocycles. The van der Waals surface area contributed by atoms with Crippen molar-refractivity contribution in [3.05, 3.63) is 65.9 Å². The molecule has 0 amide bonds. The van der Waals surface area contributed by atoms with Gasteiger partial charge in [0.2, 0.25) is 0 Å². The first-order valence-electron chi connectivity index (χ1n) is 7.36. The molecule has 2 heterocycles. The van der Waals surface area contributed by atoms with Crippen LogP contribution in [0.1, 0.15) is 11.1 Å². The first kappa shape index (κ1) is 12.5. The summed E-state index contributed by atoms with van der Waals surface area (Å²) in [6, 6.07) is 16.7. The predicted octanol–water partition coefficient (Wildman–Crippen LogP) is 3.10. The van der Waals surface area contributed by atoms with Gasteiger partial charge in [-0.2, -0.15) is 0 Å². The third-order valence-electron chi connectivity index (χ3n) is 4.21. The fourth-order valence-electron chi connectivity index (χ4n) is 3.23. The molecule has 1 aliphatic rings. The van der Waals surface area contributed by atoms with Crippen LogP contribution in [0, 0.1) is 0 Å². The fourth-order valence-corrected chi connectivity index (χ4v) is 3.23. The number of para-hydroxylation sites is 2. The van der Waals surface area contributed by atoms with Crippen LogP contribution in [0.2, 0.25) is 0 Å². The maximum absolute atomic E-state index is 6.05. The quantitative estimate of drug-likeness (QED) is 0.799. The summed E-state index contributed by atoms with van der Waals surface area (Å²) in [7, 11) is 0. The van der Waals surface area contributed by atoms with Gasteiger partial charge in [-0.3, -0.25) is 0 Å². The number of aromatic nitrogens is 1. The highest BCUT2D eigenvalue weighted by Gasteiger charge is 2.23. The average molecular weight is 278 g/mol. The second kappa shape index (κ2) is 4.93. The van der Waals surface area contributed by atoms with Gasteiger partial charge in [0.1, 0.15) is 11.9 Å². The summed E-state index contributed by atoms with van der Waals surface area (Å²) in [4.78, 5) is 0. The number of fused-ring (bicyclic) bond motifs is 2. The number of nitrogens with two attached hydrogens (primary N) is 1. The zero-order valence-corrected chi connectivity index (χ0v) is 11.8. The minimum Gasteiger partial charge on any atom is -0.488 e. The number of nitrogens with zero attached hydrogens (tertiary/aromatic N) is 1. The van der Waals surface area contributed by atoms with Crippen LogP contribution in [0.5, 0.6) is 5.75 Å². The molecule has 0 saturated carbocycles. The SMILES string of the molecule is NCc1cccc2ccn(CC3Cc4ccccc4O3)c12. The molecule has 1 unspecified atom stereocenters. The molecule has 0 bridgehead atoms. The monoisotopic (exact) mass is 278 g/mol. The standard InChI is InChI=1S/C18H18N2O/c19-11-15-6-3-5-13-8-9-20(18(13)15)12-16-10-14-4-1-2-7-17(14)21-16/h1-9,16H,10-12,19H2. The lowest BCUT2D eigenvalue weighted by Crippen LogP contribution is -2.20. The highest BCUT2D eigenvalue weighted by atomic mass is 16.5. The number of hydrogen-bond donors (Lipinski definition) is 1. The van der Waals surface area contributed by atoms with Crippen LogP contribution in [-0.2, 0) is 19.5 Å². The van der Waals surface area contributed by atoms with Gasteiger partial charge in [0.15, 0.2) is 0 Å². The van der Waals surface area contributed by atoms with Gasteiger partial charge >= 0.3 is 0 Å². The first-order chi connectivity index (χ1) is 10.3. The van der Waals surface area contributed by atoms with Crippen molar-refractivity contribution < 1.29 is 4.74 Å². The normalized spacial score (nSPS) is 16.9. The van der Waals surface area contributed by atoms with E-state index in [1.807, 2.05) is 6.07 Å². The second-order valence-electron chi connectivity index (χ2n) is 5.58. The summed E-state index contributed by atoms with van der Waals surface area (Å²) in [5.74, 6) is 1.03. The lowest BCUT2D eigenvalue weighted by molar-refractivity contribution is 0.211. The van der Waals surface area contributed by atoms with E-state index >= 15 is 0 Å². The molecule has 0 radical (unpaired) electrons. The largest absolute Gasteiger partial charge is 0.488 e. The molecule has 1 aromatic heterocycles. The molecule has 0 saturated heterocycles. The highest BCUT2D eigenvalue weighted by Crippen LogP contribution is 2.30. The molecule has 0 fully saturated rings. The van der Waals surface area contributed by atoms with E-state index in [1.54, 1.807) is 0 Å². The Balaban J connectivity index is 1.64. The van der Waals surface area contributed by atoms with Crippen molar-refractivity contribution in [2.24, 2.45) is 5.73 Å². The lowest BCUT2D eigenvalue weighted by Gasteiger charge is -2.14. The van der Waals surface area contributed by atoms with E-state index in [1.165, 1.54) is 22.0 Å². The third-order valence-corrected chi connectivity index (χ3v) is 4.21. The van der Waals surface area contributed by atoms with Gasteiger partial charge in [-0.15, -0.1) is 0 Å². The predicted molar refractivity (Wildman–Crippen MR) is 84.4 cm³/mol. The molecular formula is C18H18N2O. The van der Waals surface area contributed by atoms with Crippen molar-refractivity contribution in [1.29, 1.82) is 0 Å². The van der Waals surface area contributed by atoms with E-state index in [-0.39, 0.29) is 6.10 Å². The van der Waals surface area contributed by atoms with E-state index in [0.29, 0.717) is 6.54 Å². The smallest absolute Gasteiger partial charge is 0.123 e. The Kier molecular flexibility index (Phi) is 2.93. The van der Waals surface area contributed by atoms with E-state index in [2.05, 4.69) is 53.2 Å². The van der Waals surface area contributed by atoms with Crippen LogP contribution in [0.3, 0.4) is 0 Å². The minimum atomic E-state index is 0.198. The second-order valence-corrected chi connectivity index (χ2v) is 5.58. The van der Waals surface area contributed by atoms with Crippen molar-refractivity contribution >= 4 is 10.9 Å². The molecule has 3 heteroatoms. The van der Waals surface area contributed by atoms with Crippen molar-refractivity contribution in [3.63, 3.8) is 0 Å². The maximum atomic E-state index is 6.05. The molecule has 0 spiro atoms. The molecule has 2 N–H and O–H groups in total. The Labute approximate surface area is 123 Å². The van der Waals surface area contributed by atoms with Crippen molar-refractivity contribution in [1.82, 2.24) is 4.57 Å².